The highest BCUT2D eigenvalue weighted by Gasteiger charge is 2.11. The summed E-state index contributed by atoms with van der Waals surface area (Å²) in [5.41, 5.74) is 0.934. The van der Waals surface area contributed by atoms with Crippen molar-refractivity contribution in [2.75, 3.05) is 7.05 Å². The standard InChI is InChI=1S/C9H12ClNO/c1-7(11(2)12)8-5-3-4-6-9(8)10/h3-7,12H,1-2H3. The predicted octanol–water partition coefficient (Wildman–Crippen LogP) is 2.72. The van der Waals surface area contributed by atoms with Gasteiger partial charge >= 0.3 is 0 Å². The zero-order chi connectivity index (χ0) is 9.14. The topological polar surface area (TPSA) is 23.5 Å². The van der Waals surface area contributed by atoms with Crippen molar-refractivity contribution in [1.29, 1.82) is 0 Å². The van der Waals surface area contributed by atoms with Gasteiger partial charge in [0.2, 0.25) is 0 Å². The van der Waals surface area contributed by atoms with E-state index >= 15 is 0 Å². The van der Waals surface area contributed by atoms with Crippen LogP contribution in [0.25, 0.3) is 0 Å². The first-order valence-corrected chi connectivity index (χ1v) is 4.17. The zero-order valence-electron chi connectivity index (χ0n) is 7.16. The molecule has 1 unspecified atom stereocenters. The average Bonchev–Trinajstić information content (AvgIpc) is 2.04. The lowest BCUT2D eigenvalue weighted by Gasteiger charge is -2.18. The van der Waals surface area contributed by atoms with Gasteiger partial charge in [0.1, 0.15) is 0 Å². The van der Waals surface area contributed by atoms with Gasteiger partial charge < -0.3 is 5.21 Å². The molecule has 0 aliphatic rings. The minimum absolute atomic E-state index is 0.0706. The van der Waals surface area contributed by atoms with Crippen LogP contribution in [0.3, 0.4) is 0 Å². The van der Waals surface area contributed by atoms with Crippen molar-refractivity contribution in [3.05, 3.63) is 34.9 Å². The molecule has 0 fully saturated rings. The van der Waals surface area contributed by atoms with Crippen molar-refractivity contribution in [3.63, 3.8) is 0 Å². The highest BCUT2D eigenvalue weighted by atomic mass is 35.5. The van der Waals surface area contributed by atoms with Crippen LogP contribution in [-0.2, 0) is 0 Å². The molecule has 0 aromatic heterocycles. The highest BCUT2D eigenvalue weighted by molar-refractivity contribution is 6.31. The van der Waals surface area contributed by atoms with E-state index in [0.717, 1.165) is 10.6 Å². The molecule has 0 spiro atoms. The van der Waals surface area contributed by atoms with Crippen LogP contribution in [0.5, 0.6) is 0 Å². The van der Waals surface area contributed by atoms with E-state index in [1.807, 2.05) is 31.2 Å². The summed E-state index contributed by atoms with van der Waals surface area (Å²) in [6.45, 7) is 1.89. The number of hydrogen-bond donors (Lipinski definition) is 1. The fourth-order valence-corrected chi connectivity index (χ4v) is 1.31. The lowest BCUT2D eigenvalue weighted by molar-refractivity contribution is -0.0983. The van der Waals surface area contributed by atoms with Crippen LogP contribution in [0.2, 0.25) is 5.02 Å². The summed E-state index contributed by atoms with van der Waals surface area (Å²) in [6, 6.07) is 7.42. The third kappa shape index (κ3) is 1.97. The van der Waals surface area contributed by atoms with E-state index in [4.69, 9.17) is 11.6 Å². The second kappa shape index (κ2) is 3.90. The number of nitrogens with zero attached hydrogens (tertiary/aromatic N) is 1. The molecule has 0 bridgehead atoms. The summed E-state index contributed by atoms with van der Waals surface area (Å²) in [5, 5.41) is 11.0. The average molecular weight is 186 g/mol. The van der Waals surface area contributed by atoms with E-state index in [2.05, 4.69) is 0 Å². The molecule has 3 heteroatoms. The first-order chi connectivity index (χ1) is 5.63. The molecule has 0 heterocycles. The number of hydrogen-bond acceptors (Lipinski definition) is 2. The molecule has 0 amide bonds. The van der Waals surface area contributed by atoms with Crippen LogP contribution in [0.4, 0.5) is 0 Å². The first-order valence-electron chi connectivity index (χ1n) is 3.79. The Hall–Kier alpha value is -0.570. The molecular weight excluding hydrogens is 174 g/mol. The van der Waals surface area contributed by atoms with Gasteiger partial charge in [-0.3, -0.25) is 0 Å². The highest BCUT2D eigenvalue weighted by Crippen LogP contribution is 2.24. The van der Waals surface area contributed by atoms with Crippen LogP contribution < -0.4 is 0 Å². The molecule has 1 rings (SSSR count). The summed E-state index contributed by atoms with van der Waals surface area (Å²) < 4.78 is 0. The quantitative estimate of drug-likeness (QED) is 0.717. The Labute approximate surface area is 77.3 Å². The maximum absolute atomic E-state index is 9.17. The van der Waals surface area contributed by atoms with E-state index in [0.29, 0.717) is 5.02 Å². The molecular formula is C9H12ClNO. The van der Waals surface area contributed by atoms with Gasteiger partial charge in [0.25, 0.3) is 0 Å². The van der Waals surface area contributed by atoms with Crippen molar-refractivity contribution in [2.45, 2.75) is 13.0 Å². The van der Waals surface area contributed by atoms with Crippen molar-refractivity contribution in [1.82, 2.24) is 5.06 Å². The van der Waals surface area contributed by atoms with E-state index in [1.165, 1.54) is 0 Å². The zero-order valence-corrected chi connectivity index (χ0v) is 7.92. The van der Waals surface area contributed by atoms with E-state index in [9.17, 15) is 5.21 Å². The van der Waals surface area contributed by atoms with E-state index in [-0.39, 0.29) is 6.04 Å². The number of rotatable bonds is 2. The molecule has 0 radical (unpaired) electrons. The Morgan fingerprint density at radius 3 is 2.50 bits per heavy atom. The van der Waals surface area contributed by atoms with Gasteiger partial charge in [0.15, 0.2) is 0 Å². The fourth-order valence-electron chi connectivity index (χ4n) is 1.02. The maximum Gasteiger partial charge on any atom is 0.0582 e. The lowest BCUT2D eigenvalue weighted by atomic mass is 10.1. The van der Waals surface area contributed by atoms with Crippen molar-refractivity contribution in [2.24, 2.45) is 0 Å². The predicted molar refractivity (Wildman–Crippen MR) is 49.4 cm³/mol. The third-order valence-electron chi connectivity index (χ3n) is 1.92. The Morgan fingerprint density at radius 2 is 2.00 bits per heavy atom. The molecule has 12 heavy (non-hydrogen) atoms. The van der Waals surface area contributed by atoms with Crippen LogP contribution in [0.1, 0.15) is 18.5 Å². The van der Waals surface area contributed by atoms with Gasteiger partial charge in [-0.2, -0.15) is 5.06 Å². The smallest absolute Gasteiger partial charge is 0.0582 e. The van der Waals surface area contributed by atoms with Crippen molar-refractivity contribution in [3.8, 4) is 0 Å². The number of benzene rings is 1. The number of halogens is 1. The molecule has 1 atom stereocenters. The van der Waals surface area contributed by atoms with Gasteiger partial charge in [0, 0.05) is 12.1 Å². The first kappa shape index (κ1) is 9.52. The minimum Gasteiger partial charge on any atom is -0.314 e. The van der Waals surface area contributed by atoms with Gasteiger partial charge in [-0.1, -0.05) is 29.8 Å². The molecule has 1 aromatic rings. The summed E-state index contributed by atoms with van der Waals surface area (Å²) in [4.78, 5) is 0. The minimum atomic E-state index is -0.0706. The molecule has 2 nitrogen and oxygen atoms in total. The summed E-state index contributed by atoms with van der Waals surface area (Å²) in [5.74, 6) is 0. The van der Waals surface area contributed by atoms with Gasteiger partial charge in [-0.05, 0) is 18.6 Å². The Kier molecular flexibility index (Phi) is 3.09. The van der Waals surface area contributed by atoms with Crippen molar-refractivity contribution >= 4 is 11.6 Å². The van der Waals surface area contributed by atoms with Crippen LogP contribution in [-0.4, -0.2) is 17.3 Å². The van der Waals surface area contributed by atoms with Crippen LogP contribution in [0, 0.1) is 0 Å². The van der Waals surface area contributed by atoms with Crippen molar-refractivity contribution < 1.29 is 5.21 Å². The largest absolute Gasteiger partial charge is 0.314 e. The molecule has 66 valence electrons. The Balaban J connectivity index is 2.94. The fraction of sp³-hybridized carbons (Fsp3) is 0.333. The van der Waals surface area contributed by atoms with Crippen LogP contribution in [0.15, 0.2) is 24.3 Å². The van der Waals surface area contributed by atoms with Crippen LogP contribution >= 0.6 is 11.6 Å². The van der Waals surface area contributed by atoms with Gasteiger partial charge in [0.05, 0.1) is 6.04 Å². The second-order valence-corrected chi connectivity index (χ2v) is 3.18. The van der Waals surface area contributed by atoms with E-state index in [1.54, 1.807) is 7.05 Å². The van der Waals surface area contributed by atoms with E-state index < -0.39 is 0 Å². The molecule has 1 N–H and O–H groups in total. The summed E-state index contributed by atoms with van der Waals surface area (Å²) in [6.07, 6.45) is 0. The van der Waals surface area contributed by atoms with Gasteiger partial charge in [-0.15, -0.1) is 0 Å². The molecule has 0 saturated heterocycles. The lowest BCUT2D eigenvalue weighted by Crippen LogP contribution is -2.17. The number of hydroxylamine groups is 2. The normalized spacial score (nSPS) is 13.4. The monoisotopic (exact) mass is 185 g/mol. The summed E-state index contributed by atoms with van der Waals surface area (Å²) in [7, 11) is 1.61. The Bertz CT molecular complexity index is 262. The Morgan fingerprint density at radius 1 is 1.42 bits per heavy atom. The summed E-state index contributed by atoms with van der Waals surface area (Å²) >= 11 is 5.93. The van der Waals surface area contributed by atoms with Gasteiger partial charge in [-0.25, -0.2) is 0 Å². The molecule has 0 aliphatic heterocycles. The molecule has 0 aliphatic carbocycles. The SMILES string of the molecule is CC(c1ccccc1Cl)N(C)O. The molecule has 1 aromatic carbocycles. The molecule has 0 saturated carbocycles. The third-order valence-corrected chi connectivity index (χ3v) is 2.26. The second-order valence-electron chi connectivity index (χ2n) is 2.77. The maximum atomic E-state index is 9.17.